The number of amides is 1. The predicted octanol–water partition coefficient (Wildman–Crippen LogP) is 8.00. The molecule has 1 heterocycles. The molecular formula is C30H28F5N3O. The molecule has 39 heavy (non-hydrogen) atoms. The normalized spacial score (nSPS) is 19.8. The topological polar surface area (TPSA) is 46.9 Å². The number of aromatic nitrogens is 2. The minimum absolute atomic E-state index is 0.101. The maximum absolute atomic E-state index is 15.4. The minimum atomic E-state index is -4.68. The maximum Gasteiger partial charge on any atom is 0.416 e. The Morgan fingerprint density at radius 2 is 1.77 bits per heavy atom. The Morgan fingerprint density at radius 1 is 1.00 bits per heavy atom. The van der Waals surface area contributed by atoms with Gasteiger partial charge in [-0.05, 0) is 79.1 Å². The van der Waals surface area contributed by atoms with Crippen LogP contribution in [0.3, 0.4) is 0 Å². The van der Waals surface area contributed by atoms with E-state index in [2.05, 4.69) is 10.3 Å². The SMILES string of the molecule is Cc1nc2cc(-c3ccc(C4CCCC(C(=O)Nc5ccc(C(F)(F)F)cc5F)[C@@H]4C)cc3F)ccc2n1C. The van der Waals surface area contributed by atoms with E-state index in [-0.39, 0.29) is 23.3 Å². The summed E-state index contributed by atoms with van der Waals surface area (Å²) in [5, 5.41) is 2.46. The van der Waals surface area contributed by atoms with Crippen molar-refractivity contribution >= 4 is 22.6 Å². The molecule has 1 aliphatic rings. The Labute approximate surface area is 222 Å². The molecule has 0 spiro atoms. The molecule has 0 radical (unpaired) electrons. The Morgan fingerprint density at radius 3 is 2.46 bits per heavy atom. The second-order valence-electron chi connectivity index (χ2n) is 10.3. The standard InChI is InChI=1S/C30H28F5N3O/c1-16-21(5-4-6-22(16)29(39)37-26-11-9-20(15-25(26)32)30(33,34)35)18-7-10-23(24(31)13-18)19-8-12-28-27(14-19)36-17(2)38(28)3/h7-16,21-22H,4-6H2,1-3H3,(H,37,39)/t16-,21?,22?/m1/s1. The second-order valence-corrected chi connectivity index (χ2v) is 10.3. The molecule has 3 aromatic carbocycles. The Bertz CT molecular complexity index is 1560. The van der Waals surface area contributed by atoms with E-state index in [0.717, 1.165) is 46.5 Å². The molecule has 1 N–H and O–H groups in total. The molecule has 3 atom stereocenters. The first-order chi connectivity index (χ1) is 18.4. The quantitative estimate of drug-likeness (QED) is 0.266. The van der Waals surface area contributed by atoms with Crippen LogP contribution in [0.25, 0.3) is 22.2 Å². The summed E-state index contributed by atoms with van der Waals surface area (Å²) in [5.41, 5.74) is 2.29. The smallest absolute Gasteiger partial charge is 0.331 e. The third-order valence-electron chi connectivity index (χ3n) is 8.03. The summed E-state index contributed by atoms with van der Waals surface area (Å²) >= 11 is 0. The van der Waals surface area contributed by atoms with Gasteiger partial charge in [0.05, 0.1) is 22.3 Å². The van der Waals surface area contributed by atoms with Gasteiger partial charge in [0.1, 0.15) is 17.5 Å². The van der Waals surface area contributed by atoms with Gasteiger partial charge in [0.15, 0.2) is 0 Å². The van der Waals surface area contributed by atoms with Crippen LogP contribution in [0.4, 0.5) is 27.6 Å². The van der Waals surface area contributed by atoms with E-state index in [1.165, 1.54) is 6.07 Å². The number of rotatable bonds is 4. The molecule has 1 aliphatic carbocycles. The lowest BCUT2D eigenvalue weighted by Gasteiger charge is -2.35. The number of halogens is 5. The second kappa shape index (κ2) is 10.1. The van der Waals surface area contributed by atoms with Crippen LogP contribution in [0.2, 0.25) is 0 Å². The zero-order valence-corrected chi connectivity index (χ0v) is 21.7. The van der Waals surface area contributed by atoms with Gasteiger partial charge < -0.3 is 9.88 Å². The van der Waals surface area contributed by atoms with Crippen LogP contribution < -0.4 is 5.32 Å². The van der Waals surface area contributed by atoms with Crippen LogP contribution in [0, 0.1) is 30.4 Å². The van der Waals surface area contributed by atoms with Crippen LogP contribution in [0.1, 0.15) is 49.1 Å². The Hall–Kier alpha value is -3.75. The molecular weight excluding hydrogens is 513 g/mol. The lowest BCUT2D eigenvalue weighted by molar-refractivity contribution is -0.137. The van der Waals surface area contributed by atoms with E-state index in [9.17, 15) is 22.4 Å². The van der Waals surface area contributed by atoms with Crippen molar-refractivity contribution in [2.45, 2.75) is 45.2 Å². The van der Waals surface area contributed by atoms with Crippen molar-refractivity contribution in [1.29, 1.82) is 0 Å². The number of imidazole rings is 1. The highest BCUT2D eigenvalue weighted by atomic mass is 19.4. The number of anilines is 1. The number of hydrogen-bond donors (Lipinski definition) is 1. The van der Waals surface area contributed by atoms with Gasteiger partial charge in [-0.3, -0.25) is 4.79 Å². The number of carbonyl (C=O) groups excluding carboxylic acids is 1. The van der Waals surface area contributed by atoms with E-state index in [0.29, 0.717) is 24.5 Å². The van der Waals surface area contributed by atoms with E-state index >= 15 is 4.39 Å². The van der Waals surface area contributed by atoms with Gasteiger partial charge in [-0.1, -0.05) is 31.5 Å². The largest absolute Gasteiger partial charge is 0.416 e. The molecule has 0 aliphatic heterocycles. The average molecular weight is 542 g/mol. The molecule has 0 saturated heterocycles. The van der Waals surface area contributed by atoms with Crippen LogP contribution >= 0.6 is 0 Å². The zero-order chi connectivity index (χ0) is 28.1. The highest BCUT2D eigenvalue weighted by Gasteiger charge is 2.36. The average Bonchev–Trinajstić information content (AvgIpc) is 3.17. The highest BCUT2D eigenvalue weighted by molar-refractivity contribution is 5.93. The number of fused-ring (bicyclic) bond motifs is 1. The van der Waals surface area contributed by atoms with Crippen molar-refractivity contribution < 1.29 is 26.7 Å². The van der Waals surface area contributed by atoms with Gasteiger partial charge in [0.2, 0.25) is 5.91 Å². The van der Waals surface area contributed by atoms with E-state index in [1.807, 2.05) is 49.7 Å². The van der Waals surface area contributed by atoms with Crippen molar-refractivity contribution in [3.63, 3.8) is 0 Å². The molecule has 1 aromatic heterocycles. The molecule has 0 bridgehead atoms. The number of hydrogen-bond acceptors (Lipinski definition) is 2. The molecule has 1 saturated carbocycles. The minimum Gasteiger partial charge on any atom is -0.331 e. The lowest BCUT2D eigenvalue weighted by atomic mass is 9.70. The van der Waals surface area contributed by atoms with Crippen molar-refractivity contribution in [1.82, 2.24) is 9.55 Å². The molecule has 9 heteroatoms. The third kappa shape index (κ3) is 5.14. The number of nitrogens with one attached hydrogen (secondary N) is 1. The summed E-state index contributed by atoms with van der Waals surface area (Å²) in [5.74, 6) is -1.89. The summed E-state index contributed by atoms with van der Waals surface area (Å²) in [6.07, 6.45) is -2.65. The van der Waals surface area contributed by atoms with E-state index in [4.69, 9.17) is 0 Å². The summed E-state index contributed by atoms with van der Waals surface area (Å²) in [4.78, 5) is 17.6. The first-order valence-corrected chi connectivity index (χ1v) is 12.8. The first kappa shape index (κ1) is 26.8. The fourth-order valence-electron chi connectivity index (χ4n) is 5.71. The summed E-state index contributed by atoms with van der Waals surface area (Å²) in [6, 6.07) is 12.8. The van der Waals surface area contributed by atoms with E-state index < -0.39 is 29.4 Å². The fourth-order valence-corrected chi connectivity index (χ4v) is 5.71. The first-order valence-electron chi connectivity index (χ1n) is 12.8. The lowest BCUT2D eigenvalue weighted by Crippen LogP contribution is -2.34. The number of aryl methyl sites for hydroxylation is 2. The third-order valence-corrected chi connectivity index (χ3v) is 8.03. The van der Waals surface area contributed by atoms with Crippen LogP contribution in [0.15, 0.2) is 54.6 Å². The summed E-state index contributed by atoms with van der Waals surface area (Å²) in [7, 11) is 1.93. The molecule has 4 aromatic rings. The number of alkyl halides is 3. The van der Waals surface area contributed by atoms with E-state index in [1.54, 1.807) is 6.07 Å². The van der Waals surface area contributed by atoms with Crippen molar-refractivity contribution in [2.24, 2.45) is 18.9 Å². The van der Waals surface area contributed by atoms with Crippen LogP contribution in [0.5, 0.6) is 0 Å². The monoisotopic (exact) mass is 541 g/mol. The predicted molar refractivity (Wildman–Crippen MR) is 140 cm³/mol. The van der Waals surface area contributed by atoms with Gasteiger partial charge in [-0.15, -0.1) is 0 Å². The Balaban J connectivity index is 1.34. The number of benzene rings is 3. The molecule has 4 nitrogen and oxygen atoms in total. The molecule has 1 amide bonds. The maximum atomic E-state index is 15.4. The fraction of sp³-hybridized carbons (Fsp3) is 0.333. The molecule has 1 fully saturated rings. The molecule has 2 unspecified atom stereocenters. The summed E-state index contributed by atoms with van der Waals surface area (Å²) < 4.78 is 70.2. The number of nitrogens with zero attached hydrogens (tertiary/aromatic N) is 2. The van der Waals surface area contributed by atoms with Crippen molar-refractivity contribution in [3.05, 3.63) is 83.2 Å². The summed E-state index contributed by atoms with van der Waals surface area (Å²) in [6.45, 7) is 3.81. The number of carbonyl (C=O) groups is 1. The van der Waals surface area contributed by atoms with Crippen molar-refractivity contribution in [3.8, 4) is 11.1 Å². The molecule has 204 valence electrons. The van der Waals surface area contributed by atoms with Gasteiger partial charge in [-0.2, -0.15) is 13.2 Å². The Kier molecular flexibility index (Phi) is 6.95. The highest BCUT2D eigenvalue weighted by Crippen LogP contribution is 2.43. The van der Waals surface area contributed by atoms with Gasteiger partial charge in [-0.25, -0.2) is 13.8 Å². The van der Waals surface area contributed by atoms with Gasteiger partial charge >= 0.3 is 6.18 Å². The van der Waals surface area contributed by atoms with Crippen LogP contribution in [-0.4, -0.2) is 15.5 Å². The van der Waals surface area contributed by atoms with Gasteiger partial charge in [0, 0.05) is 18.5 Å². The van der Waals surface area contributed by atoms with Crippen molar-refractivity contribution in [2.75, 3.05) is 5.32 Å². The molecule has 5 rings (SSSR count). The van der Waals surface area contributed by atoms with Crippen LogP contribution in [-0.2, 0) is 18.0 Å². The van der Waals surface area contributed by atoms with Gasteiger partial charge in [0.25, 0.3) is 0 Å². The zero-order valence-electron chi connectivity index (χ0n) is 21.7.